The smallest absolute Gasteiger partial charge is 0.228 e. The predicted molar refractivity (Wildman–Crippen MR) is 78.6 cm³/mol. The number of phenolic OH excluding ortho intramolecular Hbond substituents is 2. The summed E-state index contributed by atoms with van der Waals surface area (Å²) in [6.45, 7) is 0. The minimum Gasteiger partial charge on any atom is -0.504 e. The third kappa shape index (κ3) is 3.56. The van der Waals surface area contributed by atoms with Gasteiger partial charge in [-0.05, 0) is 35.9 Å². The Morgan fingerprint density at radius 2 is 1.80 bits per heavy atom. The Morgan fingerprint density at radius 1 is 1.05 bits per heavy atom. The van der Waals surface area contributed by atoms with Crippen molar-refractivity contribution in [2.45, 2.75) is 6.42 Å². The average molecular weight is 312 g/mol. The molecule has 0 aromatic heterocycles. The lowest BCUT2D eigenvalue weighted by Gasteiger charge is -2.08. The van der Waals surface area contributed by atoms with Crippen molar-refractivity contribution in [3.05, 3.63) is 52.0 Å². The van der Waals surface area contributed by atoms with Crippen molar-refractivity contribution in [2.75, 3.05) is 5.32 Å². The molecule has 0 atom stereocenters. The van der Waals surface area contributed by atoms with E-state index in [1.165, 1.54) is 18.2 Å². The first-order chi connectivity index (χ1) is 9.45. The number of amides is 1. The molecule has 0 saturated carbocycles. The van der Waals surface area contributed by atoms with E-state index in [1.807, 2.05) is 0 Å². The van der Waals surface area contributed by atoms with Crippen LogP contribution < -0.4 is 5.32 Å². The van der Waals surface area contributed by atoms with E-state index >= 15 is 0 Å². The van der Waals surface area contributed by atoms with Crippen molar-refractivity contribution < 1.29 is 15.0 Å². The highest BCUT2D eigenvalue weighted by molar-refractivity contribution is 6.36. The van der Waals surface area contributed by atoms with E-state index in [2.05, 4.69) is 5.32 Å². The lowest BCUT2D eigenvalue weighted by Crippen LogP contribution is -2.14. The van der Waals surface area contributed by atoms with Crippen LogP contribution in [0.15, 0.2) is 36.4 Å². The molecule has 0 radical (unpaired) electrons. The molecule has 2 aromatic rings. The lowest BCUT2D eigenvalue weighted by atomic mass is 10.1. The number of carbonyl (C=O) groups excluding carboxylic acids is 1. The van der Waals surface area contributed by atoms with Gasteiger partial charge < -0.3 is 15.5 Å². The predicted octanol–water partition coefficient (Wildman–Crippen LogP) is 3.59. The molecule has 0 bridgehead atoms. The average Bonchev–Trinajstić information content (AvgIpc) is 2.37. The quantitative estimate of drug-likeness (QED) is 0.759. The molecule has 0 saturated heterocycles. The summed E-state index contributed by atoms with van der Waals surface area (Å²) < 4.78 is 0. The van der Waals surface area contributed by atoms with Gasteiger partial charge in [-0.2, -0.15) is 0 Å². The molecule has 20 heavy (non-hydrogen) atoms. The molecule has 0 unspecified atom stereocenters. The maximum absolute atomic E-state index is 11.9. The number of benzene rings is 2. The van der Waals surface area contributed by atoms with Crippen molar-refractivity contribution in [2.24, 2.45) is 0 Å². The fourth-order valence-electron chi connectivity index (χ4n) is 1.65. The molecule has 4 nitrogen and oxygen atoms in total. The van der Waals surface area contributed by atoms with Gasteiger partial charge in [-0.15, -0.1) is 0 Å². The summed E-state index contributed by atoms with van der Waals surface area (Å²) in [6, 6.07) is 8.97. The van der Waals surface area contributed by atoms with Crippen LogP contribution in [0.1, 0.15) is 5.56 Å². The van der Waals surface area contributed by atoms with Crippen molar-refractivity contribution in [1.82, 2.24) is 0 Å². The zero-order chi connectivity index (χ0) is 14.7. The molecule has 0 spiro atoms. The van der Waals surface area contributed by atoms with Crippen LogP contribution in [0.2, 0.25) is 10.0 Å². The zero-order valence-electron chi connectivity index (χ0n) is 10.2. The van der Waals surface area contributed by atoms with Crippen LogP contribution in [-0.2, 0) is 11.2 Å². The number of phenols is 2. The summed E-state index contributed by atoms with van der Waals surface area (Å²) in [7, 11) is 0. The number of halogens is 2. The van der Waals surface area contributed by atoms with Gasteiger partial charge in [-0.1, -0.05) is 29.3 Å². The zero-order valence-corrected chi connectivity index (χ0v) is 11.7. The van der Waals surface area contributed by atoms with Gasteiger partial charge in [0.05, 0.1) is 17.1 Å². The Hall–Kier alpha value is -1.91. The number of hydrogen-bond donors (Lipinski definition) is 3. The summed E-state index contributed by atoms with van der Waals surface area (Å²) in [6.07, 6.45) is 0.0484. The van der Waals surface area contributed by atoms with Gasteiger partial charge in [0, 0.05) is 5.02 Å². The van der Waals surface area contributed by atoms with Crippen LogP contribution >= 0.6 is 23.2 Å². The summed E-state index contributed by atoms with van der Waals surface area (Å²) >= 11 is 11.7. The Labute approximate surface area is 125 Å². The highest BCUT2D eigenvalue weighted by Crippen LogP contribution is 2.27. The second kappa shape index (κ2) is 6.03. The van der Waals surface area contributed by atoms with Gasteiger partial charge in [0.25, 0.3) is 0 Å². The van der Waals surface area contributed by atoms with Gasteiger partial charge in [0.15, 0.2) is 11.5 Å². The molecule has 0 aliphatic rings. The topological polar surface area (TPSA) is 69.6 Å². The van der Waals surface area contributed by atoms with Gasteiger partial charge in [-0.3, -0.25) is 4.79 Å². The largest absolute Gasteiger partial charge is 0.504 e. The molecule has 6 heteroatoms. The lowest BCUT2D eigenvalue weighted by molar-refractivity contribution is -0.115. The van der Waals surface area contributed by atoms with E-state index in [4.69, 9.17) is 23.2 Å². The van der Waals surface area contributed by atoms with E-state index in [-0.39, 0.29) is 23.8 Å². The molecular weight excluding hydrogens is 301 g/mol. The number of rotatable bonds is 3. The number of carbonyl (C=O) groups is 1. The van der Waals surface area contributed by atoms with E-state index < -0.39 is 0 Å². The first-order valence-electron chi connectivity index (χ1n) is 5.71. The Bertz CT molecular complexity index is 659. The van der Waals surface area contributed by atoms with Gasteiger partial charge >= 0.3 is 0 Å². The Morgan fingerprint density at radius 3 is 2.45 bits per heavy atom. The van der Waals surface area contributed by atoms with Crippen molar-refractivity contribution >= 4 is 34.8 Å². The highest BCUT2D eigenvalue weighted by atomic mass is 35.5. The summed E-state index contributed by atoms with van der Waals surface area (Å²) in [5, 5.41) is 22.0. The second-order valence-electron chi connectivity index (χ2n) is 4.17. The molecule has 0 aliphatic carbocycles. The van der Waals surface area contributed by atoms with Gasteiger partial charge in [0.1, 0.15) is 0 Å². The van der Waals surface area contributed by atoms with E-state index in [9.17, 15) is 15.0 Å². The second-order valence-corrected chi connectivity index (χ2v) is 5.02. The van der Waals surface area contributed by atoms with Crippen LogP contribution in [-0.4, -0.2) is 16.1 Å². The molecule has 0 aliphatic heterocycles. The number of aromatic hydroxyl groups is 2. The van der Waals surface area contributed by atoms with Crippen molar-refractivity contribution in [3.8, 4) is 11.5 Å². The third-order valence-corrected chi connectivity index (χ3v) is 3.16. The first kappa shape index (κ1) is 14.5. The molecule has 2 rings (SSSR count). The summed E-state index contributed by atoms with van der Waals surface area (Å²) in [5.74, 6) is -0.783. The highest BCUT2D eigenvalue weighted by Gasteiger charge is 2.09. The normalized spacial score (nSPS) is 10.3. The van der Waals surface area contributed by atoms with E-state index in [0.29, 0.717) is 21.3 Å². The number of nitrogens with one attached hydrogen (secondary N) is 1. The fourth-order valence-corrected chi connectivity index (χ4v) is 2.11. The summed E-state index contributed by atoms with van der Waals surface area (Å²) in [4.78, 5) is 11.9. The maximum atomic E-state index is 11.9. The molecule has 3 N–H and O–H groups in total. The van der Waals surface area contributed by atoms with Gasteiger partial charge in [-0.25, -0.2) is 0 Å². The standard InChI is InChI=1S/C14H11Cl2NO3/c15-9-2-3-11(10(16)7-9)17-14(20)6-8-1-4-12(18)13(19)5-8/h1-5,7,18-19H,6H2,(H,17,20). The van der Waals surface area contributed by atoms with Crippen LogP contribution in [0.3, 0.4) is 0 Å². The van der Waals surface area contributed by atoms with Crippen LogP contribution in [0.4, 0.5) is 5.69 Å². The minimum absolute atomic E-state index is 0.0484. The Balaban J connectivity index is 2.07. The van der Waals surface area contributed by atoms with Crippen molar-refractivity contribution in [1.29, 1.82) is 0 Å². The van der Waals surface area contributed by atoms with Crippen LogP contribution in [0.5, 0.6) is 11.5 Å². The minimum atomic E-state index is -0.292. The number of anilines is 1. The maximum Gasteiger partial charge on any atom is 0.228 e. The molecule has 2 aromatic carbocycles. The third-order valence-electron chi connectivity index (χ3n) is 2.61. The van der Waals surface area contributed by atoms with Crippen molar-refractivity contribution in [3.63, 3.8) is 0 Å². The fraction of sp³-hybridized carbons (Fsp3) is 0.0714. The Kier molecular flexibility index (Phi) is 4.37. The SMILES string of the molecule is O=C(Cc1ccc(O)c(O)c1)Nc1ccc(Cl)cc1Cl. The van der Waals surface area contributed by atoms with E-state index in [1.54, 1.807) is 18.2 Å². The van der Waals surface area contributed by atoms with Crippen LogP contribution in [0.25, 0.3) is 0 Å². The molecule has 0 fully saturated rings. The monoisotopic (exact) mass is 311 g/mol. The first-order valence-corrected chi connectivity index (χ1v) is 6.47. The van der Waals surface area contributed by atoms with Gasteiger partial charge in [0.2, 0.25) is 5.91 Å². The van der Waals surface area contributed by atoms with Crippen LogP contribution in [0, 0.1) is 0 Å². The molecule has 0 heterocycles. The van der Waals surface area contributed by atoms with E-state index in [0.717, 1.165) is 0 Å². The molecule has 1 amide bonds. The number of hydrogen-bond acceptors (Lipinski definition) is 3. The summed E-state index contributed by atoms with van der Waals surface area (Å²) in [5.41, 5.74) is 1.03. The molecule has 104 valence electrons. The molecular formula is C14H11Cl2NO3.